The SMILES string of the molecule is CCNC(=NCC(C)(C)OC)NCC(O)COc1ccc(C(F)(F)F)cc1. The standard InChI is InChI=1S/C18H28F3N3O3/c1-5-22-16(24-12-17(2,3)26-4)23-10-14(25)11-27-15-8-6-13(7-9-15)18(19,20)21/h6-9,14,25H,5,10-12H2,1-4H3,(H2,22,23,24). The maximum atomic E-state index is 12.5. The maximum absolute atomic E-state index is 12.5. The van der Waals surface area contributed by atoms with Gasteiger partial charge in [-0.3, -0.25) is 4.99 Å². The van der Waals surface area contributed by atoms with Gasteiger partial charge in [0.15, 0.2) is 5.96 Å². The molecule has 9 heteroatoms. The largest absolute Gasteiger partial charge is 0.491 e. The number of aliphatic hydroxyl groups excluding tert-OH is 1. The van der Waals surface area contributed by atoms with Crippen molar-refractivity contribution in [2.75, 3.05) is 33.4 Å². The van der Waals surface area contributed by atoms with Crippen LogP contribution in [0.15, 0.2) is 29.3 Å². The molecule has 1 unspecified atom stereocenters. The number of nitrogens with zero attached hydrogens (tertiary/aromatic N) is 1. The first-order valence-electron chi connectivity index (χ1n) is 8.63. The van der Waals surface area contributed by atoms with Crippen molar-refractivity contribution >= 4 is 5.96 Å². The smallest absolute Gasteiger partial charge is 0.416 e. The first kappa shape index (κ1) is 23.0. The molecule has 0 aliphatic carbocycles. The third-order valence-electron chi connectivity index (χ3n) is 3.64. The van der Waals surface area contributed by atoms with Crippen LogP contribution in [-0.4, -0.2) is 56.1 Å². The van der Waals surface area contributed by atoms with Gasteiger partial charge in [0.05, 0.1) is 17.7 Å². The Morgan fingerprint density at radius 1 is 1.19 bits per heavy atom. The van der Waals surface area contributed by atoms with Gasteiger partial charge in [0.2, 0.25) is 0 Å². The van der Waals surface area contributed by atoms with E-state index in [0.29, 0.717) is 19.0 Å². The third kappa shape index (κ3) is 8.96. The van der Waals surface area contributed by atoms with E-state index in [4.69, 9.17) is 9.47 Å². The quantitative estimate of drug-likeness (QED) is 0.445. The van der Waals surface area contributed by atoms with Crippen LogP contribution in [0, 0.1) is 0 Å². The lowest BCUT2D eigenvalue weighted by Crippen LogP contribution is -2.43. The molecule has 6 nitrogen and oxygen atoms in total. The van der Waals surface area contributed by atoms with E-state index >= 15 is 0 Å². The molecule has 1 rings (SSSR count). The summed E-state index contributed by atoms with van der Waals surface area (Å²) < 4.78 is 48.2. The van der Waals surface area contributed by atoms with Crippen molar-refractivity contribution in [3.8, 4) is 5.75 Å². The Morgan fingerprint density at radius 3 is 2.33 bits per heavy atom. The van der Waals surface area contributed by atoms with Crippen LogP contribution in [0.2, 0.25) is 0 Å². The Morgan fingerprint density at radius 2 is 1.81 bits per heavy atom. The van der Waals surface area contributed by atoms with Gasteiger partial charge in [-0.2, -0.15) is 13.2 Å². The van der Waals surface area contributed by atoms with Crippen LogP contribution in [0.3, 0.4) is 0 Å². The highest BCUT2D eigenvalue weighted by molar-refractivity contribution is 5.79. The van der Waals surface area contributed by atoms with Gasteiger partial charge in [0.1, 0.15) is 18.5 Å². The fraction of sp³-hybridized carbons (Fsp3) is 0.611. The van der Waals surface area contributed by atoms with E-state index in [0.717, 1.165) is 12.1 Å². The molecule has 0 saturated carbocycles. The summed E-state index contributed by atoms with van der Waals surface area (Å²) in [7, 11) is 1.61. The molecule has 27 heavy (non-hydrogen) atoms. The average molecular weight is 391 g/mol. The highest BCUT2D eigenvalue weighted by atomic mass is 19.4. The highest BCUT2D eigenvalue weighted by Gasteiger charge is 2.30. The Balaban J connectivity index is 2.48. The number of halogens is 3. The fourth-order valence-electron chi connectivity index (χ4n) is 1.88. The van der Waals surface area contributed by atoms with Gasteiger partial charge in [-0.25, -0.2) is 0 Å². The second-order valence-electron chi connectivity index (χ2n) is 6.53. The second-order valence-corrected chi connectivity index (χ2v) is 6.53. The zero-order valence-corrected chi connectivity index (χ0v) is 16.1. The monoisotopic (exact) mass is 391 g/mol. The second kappa shape index (κ2) is 10.4. The minimum Gasteiger partial charge on any atom is -0.491 e. The summed E-state index contributed by atoms with van der Waals surface area (Å²) in [6, 6.07) is 4.32. The minimum atomic E-state index is -4.39. The molecular formula is C18H28F3N3O3. The number of benzene rings is 1. The predicted octanol–water partition coefficient (Wildman–Crippen LogP) is 2.43. The lowest BCUT2D eigenvalue weighted by atomic mass is 10.1. The normalized spacial score (nSPS) is 14.0. The van der Waals surface area contributed by atoms with Gasteiger partial charge in [0.25, 0.3) is 0 Å². The van der Waals surface area contributed by atoms with E-state index in [9.17, 15) is 18.3 Å². The van der Waals surface area contributed by atoms with Crippen molar-refractivity contribution in [2.24, 2.45) is 4.99 Å². The van der Waals surface area contributed by atoms with E-state index in [2.05, 4.69) is 15.6 Å². The third-order valence-corrected chi connectivity index (χ3v) is 3.64. The molecule has 0 bridgehead atoms. The molecule has 1 aromatic rings. The number of rotatable bonds is 9. The number of methoxy groups -OCH3 is 1. The van der Waals surface area contributed by atoms with Crippen molar-refractivity contribution in [2.45, 2.75) is 38.7 Å². The van der Waals surface area contributed by atoms with Crippen LogP contribution < -0.4 is 15.4 Å². The average Bonchev–Trinajstić information content (AvgIpc) is 2.62. The van der Waals surface area contributed by atoms with Crippen molar-refractivity contribution in [1.29, 1.82) is 0 Å². The molecule has 0 heterocycles. The van der Waals surface area contributed by atoms with E-state index in [1.807, 2.05) is 20.8 Å². The van der Waals surface area contributed by atoms with E-state index < -0.39 is 23.4 Å². The lowest BCUT2D eigenvalue weighted by Gasteiger charge is -2.21. The summed E-state index contributed by atoms with van der Waals surface area (Å²) in [5, 5.41) is 16.1. The molecule has 0 amide bonds. The Bertz CT molecular complexity index is 590. The van der Waals surface area contributed by atoms with Gasteiger partial charge in [-0.05, 0) is 45.0 Å². The fourth-order valence-corrected chi connectivity index (χ4v) is 1.88. The summed E-state index contributed by atoms with van der Waals surface area (Å²) in [6.45, 7) is 6.91. The number of nitrogens with one attached hydrogen (secondary N) is 2. The molecule has 0 saturated heterocycles. The number of hydrogen-bond acceptors (Lipinski definition) is 4. The van der Waals surface area contributed by atoms with Gasteiger partial charge in [-0.15, -0.1) is 0 Å². The number of hydrogen-bond donors (Lipinski definition) is 3. The van der Waals surface area contributed by atoms with Crippen LogP contribution in [0.4, 0.5) is 13.2 Å². The van der Waals surface area contributed by atoms with Crippen LogP contribution in [-0.2, 0) is 10.9 Å². The number of aliphatic imine (C=N–C) groups is 1. The zero-order valence-electron chi connectivity index (χ0n) is 16.1. The van der Waals surface area contributed by atoms with Crippen LogP contribution in [0.25, 0.3) is 0 Å². The number of guanidine groups is 1. The molecule has 0 aromatic heterocycles. The van der Waals surface area contributed by atoms with E-state index in [-0.39, 0.29) is 18.9 Å². The molecular weight excluding hydrogens is 363 g/mol. The summed E-state index contributed by atoms with van der Waals surface area (Å²) in [5.41, 5.74) is -1.16. The summed E-state index contributed by atoms with van der Waals surface area (Å²) in [6.07, 6.45) is -5.26. The summed E-state index contributed by atoms with van der Waals surface area (Å²) in [4.78, 5) is 4.39. The van der Waals surface area contributed by atoms with Crippen LogP contribution >= 0.6 is 0 Å². The van der Waals surface area contributed by atoms with Crippen molar-refractivity contribution < 1.29 is 27.8 Å². The van der Waals surface area contributed by atoms with Crippen molar-refractivity contribution in [3.05, 3.63) is 29.8 Å². The molecule has 1 aromatic carbocycles. The Hall–Kier alpha value is -2.00. The maximum Gasteiger partial charge on any atom is 0.416 e. The molecule has 154 valence electrons. The predicted molar refractivity (Wildman–Crippen MR) is 98.0 cm³/mol. The lowest BCUT2D eigenvalue weighted by molar-refractivity contribution is -0.137. The first-order valence-corrected chi connectivity index (χ1v) is 8.63. The van der Waals surface area contributed by atoms with Crippen LogP contribution in [0.5, 0.6) is 5.75 Å². The molecule has 0 aliphatic heterocycles. The molecule has 0 fully saturated rings. The number of aliphatic hydroxyl groups is 1. The van der Waals surface area contributed by atoms with E-state index in [1.54, 1.807) is 7.11 Å². The number of ether oxygens (including phenoxy) is 2. The van der Waals surface area contributed by atoms with Gasteiger partial charge < -0.3 is 25.2 Å². The molecule has 0 radical (unpaired) electrons. The molecule has 3 N–H and O–H groups in total. The van der Waals surface area contributed by atoms with E-state index in [1.165, 1.54) is 12.1 Å². The number of alkyl halides is 3. The molecule has 0 aliphatic rings. The summed E-state index contributed by atoms with van der Waals surface area (Å²) in [5.74, 6) is 0.778. The first-order chi connectivity index (χ1) is 12.6. The molecule has 1 atom stereocenters. The van der Waals surface area contributed by atoms with Gasteiger partial charge >= 0.3 is 6.18 Å². The van der Waals surface area contributed by atoms with Crippen molar-refractivity contribution in [1.82, 2.24) is 10.6 Å². The Kier molecular flexibility index (Phi) is 8.84. The highest BCUT2D eigenvalue weighted by Crippen LogP contribution is 2.30. The topological polar surface area (TPSA) is 75.1 Å². The minimum absolute atomic E-state index is 0.0681. The zero-order chi connectivity index (χ0) is 20.5. The van der Waals surface area contributed by atoms with Crippen molar-refractivity contribution in [3.63, 3.8) is 0 Å². The van der Waals surface area contributed by atoms with Crippen LogP contribution in [0.1, 0.15) is 26.3 Å². The summed E-state index contributed by atoms with van der Waals surface area (Å²) >= 11 is 0. The van der Waals surface area contributed by atoms with Gasteiger partial charge in [0, 0.05) is 20.2 Å². The van der Waals surface area contributed by atoms with Gasteiger partial charge in [-0.1, -0.05) is 0 Å². The Labute approximate surface area is 157 Å². The molecule has 0 spiro atoms.